The van der Waals surface area contributed by atoms with Crippen molar-refractivity contribution in [3.63, 3.8) is 0 Å². The molecular weight excluding hydrogens is 508 g/mol. The van der Waals surface area contributed by atoms with Crippen LogP contribution in [0.2, 0.25) is 5.02 Å². The Hall–Kier alpha value is -3.48. The van der Waals surface area contributed by atoms with Crippen molar-refractivity contribution >= 4 is 17.6 Å². The van der Waals surface area contributed by atoms with E-state index in [1.165, 1.54) is 22.3 Å². The summed E-state index contributed by atoms with van der Waals surface area (Å²) in [5.41, 5.74) is 10.0. The summed E-state index contributed by atoms with van der Waals surface area (Å²) in [7, 11) is 0. The summed E-state index contributed by atoms with van der Waals surface area (Å²) in [6.07, 6.45) is 5.28. The molecule has 0 saturated carbocycles. The van der Waals surface area contributed by atoms with Crippen LogP contribution in [0.4, 0.5) is 0 Å². The fraction of sp³-hybridized carbons (Fsp3) is 0.344. The number of rotatable bonds is 7. The molecule has 3 heterocycles. The number of aromatic amines is 1. The zero-order chi connectivity index (χ0) is 27.5. The Kier molecular flexibility index (Phi) is 8.15. The number of carbonyl (C=O) groups excluding carboxylic acids is 1. The number of aromatic nitrogens is 3. The van der Waals surface area contributed by atoms with E-state index in [1.54, 1.807) is 12.4 Å². The fourth-order valence-electron chi connectivity index (χ4n) is 5.68. The Labute approximate surface area is 235 Å². The van der Waals surface area contributed by atoms with Gasteiger partial charge in [-0.1, -0.05) is 29.8 Å². The van der Waals surface area contributed by atoms with Gasteiger partial charge in [-0.15, -0.1) is 0 Å². The van der Waals surface area contributed by atoms with E-state index in [1.807, 2.05) is 43.3 Å². The molecule has 0 unspecified atom stereocenters. The maximum Gasteiger partial charge on any atom is 0.309 e. The zero-order valence-electron chi connectivity index (χ0n) is 23.1. The third kappa shape index (κ3) is 5.77. The number of aryl methyl sites for hydroxylation is 2. The third-order valence-electron chi connectivity index (χ3n) is 7.75. The fourth-order valence-corrected chi connectivity index (χ4v) is 5.81. The summed E-state index contributed by atoms with van der Waals surface area (Å²) in [6, 6.07) is 14.1. The van der Waals surface area contributed by atoms with Crippen LogP contribution in [-0.4, -0.2) is 45.5 Å². The van der Waals surface area contributed by atoms with E-state index >= 15 is 0 Å². The lowest BCUT2D eigenvalue weighted by atomic mass is 9.91. The number of H-pyrrole nitrogens is 1. The van der Waals surface area contributed by atoms with Crippen molar-refractivity contribution in [3.05, 3.63) is 82.1 Å². The van der Waals surface area contributed by atoms with Crippen LogP contribution in [0.3, 0.4) is 0 Å². The molecule has 0 spiro atoms. The highest BCUT2D eigenvalue weighted by Gasteiger charge is 2.27. The van der Waals surface area contributed by atoms with Crippen molar-refractivity contribution in [2.75, 3.05) is 19.7 Å². The molecule has 1 N–H and O–H groups in total. The SMILES string of the molecule is CCOC(=O)C1CCN(Cc2c(C)cc(C)c(-c3nc(-c4ccc(Cl)cc4)c(-c4ccncc4)[nH]3)c2C)CC1. The highest BCUT2D eigenvalue weighted by atomic mass is 35.5. The number of ether oxygens (including phenoxy) is 1. The normalized spacial score (nSPS) is 14.5. The number of piperidine rings is 1. The van der Waals surface area contributed by atoms with E-state index in [9.17, 15) is 4.79 Å². The second-order valence-electron chi connectivity index (χ2n) is 10.3. The summed E-state index contributed by atoms with van der Waals surface area (Å²) >= 11 is 6.18. The van der Waals surface area contributed by atoms with Gasteiger partial charge >= 0.3 is 5.97 Å². The van der Waals surface area contributed by atoms with E-state index in [0.29, 0.717) is 11.6 Å². The van der Waals surface area contributed by atoms with Crippen molar-refractivity contribution in [2.45, 2.75) is 47.1 Å². The third-order valence-corrected chi connectivity index (χ3v) is 8.00. The Balaban J connectivity index is 1.50. The smallest absolute Gasteiger partial charge is 0.309 e. The minimum Gasteiger partial charge on any atom is -0.466 e. The van der Waals surface area contributed by atoms with Crippen molar-refractivity contribution in [3.8, 4) is 33.9 Å². The molecule has 0 atom stereocenters. The Morgan fingerprint density at radius 2 is 1.72 bits per heavy atom. The van der Waals surface area contributed by atoms with Gasteiger partial charge in [-0.2, -0.15) is 0 Å². The average molecular weight is 543 g/mol. The van der Waals surface area contributed by atoms with Crippen LogP contribution in [0.1, 0.15) is 42.0 Å². The number of carbonyl (C=O) groups is 1. The summed E-state index contributed by atoms with van der Waals surface area (Å²) in [6.45, 7) is 11.5. The predicted molar refractivity (Wildman–Crippen MR) is 157 cm³/mol. The first kappa shape index (κ1) is 27.1. The summed E-state index contributed by atoms with van der Waals surface area (Å²) in [4.78, 5) is 27.7. The maximum atomic E-state index is 12.2. The lowest BCUT2D eigenvalue weighted by molar-refractivity contribution is -0.149. The van der Waals surface area contributed by atoms with Gasteiger partial charge in [0.05, 0.1) is 23.9 Å². The number of halogens is 1. The average Bonchev–Trinajstić information content (AvgIpc) is 3.37. The van der Waals surface area contributed by atoms with Gasteiger partial charge in [0.2, 0.25) is 0 Å². The zero-order valence-corrected chi connectivity index (χ0v) is 23.8. The van der Waals surface area contributed by atoms with Crippen LogP contribution >= 0.6 is 11.6 Å². The van der Waals surface area contributed by atoms with Crippen molar-refractivity contribution < 1.29 is 9.53 Å². The highest BCUT2D eigenvalue weighted by Crippen LogP contribution is 2.37. The van der Waals surface area contributed by atoms with E-state index < -0.39 is 0 Å². The molecule has 39 heavy (non-hydrogen) atoms. The lowest BCUT2D eigenvalue weighted by Gasteiger charge is -2.32. The van der Waals surface area contributed by atoms with E-state index in [4.69, 9.17) is 21.3 Å². The van der Waals surface area contributed by atoms with Crippen LogP contribution < -0.4 is 0 Å². The molecule has 1 saturated heterocycles. The van der Waals surface area contributed by atoms with Gasteiger partial charge in [0, 0.05) is 40.7 Å². The minimum atomic E-state index is -0.0542. The molecule has 202 valence electrons. The molecule has 1 aliphatic heterocycles. The predicted octanol–water partition coefficient (Wildman–Crippen LogP) is 7.16. The van der Waals surface area contributed by atoms with E-state index in [-0.39, 0.29) is 11.9 Å². The molecule has 0 amide bonds. The number of pyridine rings is 1. The van der Waals surface area contributed by atoms with Crippen molar-refractivity contribution in [1.82, 2.24) is 19.9 Å². The molecule has 6 nitrogen and oxygen atoms in total. The Morgan fingerprint density at radius 1 is 1.03 bits per heavy atom. The van der Waals surface area contributed by atoms with Crippen molar-refractivity contribution in [2.24, 2.45) is 5.92 Å². The van der Waals surface area contributed by atoms with Gasteiger partial charge in [-0.25, -0.2) is 4.98 Å². The van der Waals surface area contributed by atoms with Gasteiger partial charge in [-0.3, -0.25) is 14.7 Å². The number of hydrogen-bond acceptors (Lipinski definition) is 5. The number of benzene rings is 2. The number of esters is 1. The molecule has 1 fully saturated rings. The summed E-state index contributed by atoms with van der Waals surface area (Å²) in [5.74, 6) is 0.809. The number of nitrogens with one attached hydrogen (secondary N) is 1. The molecule has 0 aliphatic carbocycles. The molecule has 2 aromatic heterocycles. The van der Waals surface area contributed by atoms with Gasteiger partial charge in [-0.05, 0) is 100 Å². The van der Waals surface area contributed by atoms with E-state index in [0.717, 1.165) is 66.4 Å². The Bertz CT molecular complexity index is 1460. The molecule has 2 aromatic carbocycles. The Morgan fingerprint density at radius 3 is 2.38 bits per heavy atom. The lowest BCUT2D eigenvalue weighted by Crippen LogP contribution is -2.36. The highest BCUT2D eigenvalue weighted by molar-refractivity contribution is 6.30. The molecule has 4 aromatic rings. The van der Waals surface area contributed by atoms with Gasteiger partial charge in [0.15, 0.2) is 0 Å². The van der Waals surface area contributed by atoms with Gasteiger partial charge in [0.25, 0.3) is 0 Å². The van der Waals surface area contributed by atoms with E-state index in [2.05, 4.69) is 41.7 Å². The first-order valence-electron chi connectivity index (χ1n) is 13.6. The second kappa shape index (κ2) is 11.7. The molecule has 5 rings (SSSR count). The number of nitrogens with zero attached hydrogens (tertiary/aromatic N) is 3. The quantitative estimate of drug-likeness (QED) is 0.251. The summed E-state index contributed by atoms with van der Waals surface area (Å²) in [5, 5.41) is 0.695. The molecule has 1 aliphatic rings. The van der Waals surface area contributed by atoms with Crippen LogP contribution in [0.5, 0.6) is 0 Å². The van der Waals surface area contributed by atoms with Gasteiger partial charge in [0.1, 0.15) is 5.82 Å². The molecule has 0 bridgehead atoms. The summed E-state index contributed by atoms with van der Waals surface area (Å²) < 4.78 is 5.25. The maximum absolute atomic E-state index is 12.2. The monoisotopic (exact) mass is 542 g/mol. The first-order chi connectivity index (χ1) is 18.9. The van der Waals surface area contributed by atoms with Crippen molar-refractivity contribution in [1.29, 1.82) is 0 Å². The standard InChI is InChI=1S/C32H35ClN4O2/c1-5-39-32(38)25-12-16-37(17-13-25)19-27-20(2)18-21(3)28(22(27)4)31-35-29(23-6-8-26(33)9-7-23)30(36-31)24-10-14-34-15-11-24/h6-11,14-15,18,25H,5,12-13,16-17,19H2,1-4H3,(H,35,36). The number of hydrogen-bond donors (Lipinski definition) is 1. The molecule has 7 heteroatoms. The topological polar surface area (TPSA) is 71.1 Å². The molecular formula is C32H35ClN4O2. The number of likely N-dealkylation sites (tertiary alicyclic amines) is 1. The number of imidazole rings is 1. The minimum absolute atomic E-state index is 0.0120. The molecule has 0 radical (unpaired) electrons. The second-order valence-corrected chi connectivity index (χ2v) is 10.8. The van der Waals surface area contributed by atoms with Crippen LogP contribution in [0.25, 0.3) is 33.9 Å². The van der Waals surface area contributed by atoms with Crippen LogP contribution in [-0.2, 0) is 16.1 Å². The van der Waals surface area contributed by atoms with Gasteiger partial charge < -0.3 is 9.72 Å². The van der Waals surface area contributed by atoms with Crippen LogP contribution in [0, 0.1) is 26.7 Å². The largest absolute Gasteiger partial charge is 0.466 e. The first-order valence-corrected chi connectivity index (χ1v) is 14.0. The van der Waals surface area contributed by atoms with Crippen LogP contribution in [0.15, 0.2) is 54.9 Å².